The molecule has 0 spiro atoms. The van der Waals surface area contributed by atoms with Gasteiger partial charge < -0.3 is 46.0 Å². The van der Waals surface area contributed by atoms with Crippen LogP contribution in [0.4, 0.5) is 0 Å². The van der Waals surface area contributed by atoms with Crippen LogP contribution in [-0.4, -0.2) is 128 Å². The van der Waals surface area contributed by atoms with Gasteiger partial charge in [0.15, 0.2) is 0 Å². The normalized spacial score (nSPS) is 15.4. The molecule has 4 unspecified atom stereocenters. The molecule has 0 rings (SSSR count). The Bertz CT molecular complexity index is 221. The molecule has 10 nitrogen and oxygen atoms in total. The van der Waals surface area contributed by atoms with Gasteiger partial charge in [0.1, 0.15) is 24.4 Å². The molecule has 0 amide bonds. The summed E-state index contributed by atoms with van der Waals surface area (Å²) in [5.41, 5.74) is 0. The van der Waals surface area contributed by atoms with E-state index in [0.29, 0.717) is 19.6 Å². The molecular formula is C15H37NO9. The summed E-state index contributed by atoms with van der Waals surface area (Å²) in [5.74, 6) is 0. The lowest BCUT2D eigenvalue weighted by molar-refractivity contribution is -0.123. The van der Waals surface area contributed by atoms with E-state index in [1.54, 1.807) is 4.90 Å². The lowest BCUT2D eigenvalue weighted by Crippen LogP contribution is -2.46. The average Bonchev–Trinajstić information content (AvgIpc) is 2.61. The first-order chi connectivity index (χ1) is 11.8. The zero-order valence-corrected chi connectivity index (χ0v) is 15.1. The van der Waals surface area contributed by atoms with E-state index < -0.39 is 37.6 Å². The highest BCUT2D eigenvalue weighted by Crippen LogP contribution is 2.04. The monoisotopic (exact) mass is 375 g/mol. The Hall–Kier alpha value is -0.400. The summed E-state index contributed by atoms with van der Waals surface area (Å²) in [6.07, 6.45) is -5.14. The van der Waals surface area contributed by atoms with Crippen molar-refractivity contribution in [1.29, 1.82) is 0 Å². The van der Waals surface area contributed by atoms with Crippen molar-refractivity contribution in [1.82, 2.24) is 4.90 Å². The Morgan fingerprint density at radius 3 is 1.00 bits per heavy atom. The van der Waals surface area contributed by atoms with Crippen LogP contribution in [0.25, 0.3) is 0 Å². The van der Waals surface area contributed by atoms with Crippen LogP contribution in [0, 0.1) is 0 Å². The molecule has 0 aliphatic heterocycles. The minimum atomic E-state index is -1.67. The maximum atomic E-state index is 8.96. The van der Waals surface area contributed by atoms with E-state index in [0.717, 1.165) is 0 Å². The first-order valence-corrected chi connectivity index (χ1v) is 8.29. The van der Waals surface area contributed by atoms with E-state index in [-0.39, 0.29) is 19.8 Å². The molecule has 156 valence electrons. The van der Waals surface area contributed by atoms with Gasteiger partial charge in [-0.3, -0.25) is 4.90 Å². The van der Waals surface area contributed by atoms with Crippen LogP contribution in [0.3, 0.4) is 0 Å². The molecule has 0 aliphatic carbocycles. The quantitative estimate of drug-likeness (QED) is 0.173. The fourth-order valence-corrected chi connectivity index (χ4v) is 1.43. The second kappa shape index (κ2) is 21.6. The summed E-state index contributed by atoms with van der Waals surface area (Å²) in [7, 11) is 0. The Balaban J connectivity index is -0.000000338. The van der Waals surface area contributed by atoms with Gasteiger partial charge in [-0.05, 0) is 0 Å². The van der Waals surface area contributed by atoms with Crippen molar-refractivity contribution < 1.29 is 46.0 Å². The van der Waals surface area contributed by atoms with Gasteiger partial charge in [-0.2, -0.15) is 0 Å². The molecule has 4 atom stereocenters. The van der Waals surface area contributed by atoms with E-state index in [1.807, 2.05) is 0 Å². The molecule has 0 bridgehead atoms. The number of rotatable bonds is 11. The predicted octanol–water partition coefficient (Wildman–Crippen LogP) is -3.90. The molecule has 0 aromatic rings. The first-order valence-electron chi connectivity index (χ1n) is 8.29. The summed E-state index contributed by atoms with van der Waals surface area (Å²) < 4.78 is 0. The van der Waals surface area contributed by atoms with Crippen LogP contribution in [-0.2, 0) is 0 Å². The van der Waals surface area contributed by atoms with Gasteiger partial charge in [-0.1, -0.05) is 20.3 Å². The highest BCUT2D eigenvalue weighted by Gasteiger charge is 2.29. The van der Waals surface area contributed by atoms with Crippen LogP contribution < -0.4 is 0 Å². The molecule has 10 heteroatoms. The SMILES string of the molecule is CCC.OCC(O)C(O)C(O)C(O)CO.OCCN(CCO)CCO. The molecule has 0 radical (unpaired) electrons. The van der Waals surface area contributed by atoms with E-state index >= 15 is 0 Å². The van der Waals surface area contributed by atoms with Crippen molar-refractivity contribution in [2.24, 2.45) is 0 Å². The molecule has 0 fully saturated rings. The third-order valence-electron chi connectivity index (χ3n) is 2.76. The smallest absolute Gasteiger partial charge is 0.111 e. The Labute approximate surface area is 149 Å². The van der Waals surface area contributed by atoms with E-state index in [9.17, 15) is 0 Å². The lowest BCUT2D eigenvalue weighted by Gasteiger charge is -2.24. The number of aliphatic hydroxyl groups is 9. The maximum absolute atomic E-state index is 8.96. The summed E-state index contributed by atoms with van der Waals surface area (Å²) in [6, 6.07) is 0. The number of hydrogen-bond acceptors (Lipinski definition) is 10. The molecule has 0 aliphatic rings. The highest BCUT2D eigenvalue weighted by atomic mass is 16.4. The summed E-state index contributed by atoms with van der Waals surface area (Å²) in [5, 5.41) is 77.6. The molecule has 0 heterocycles. The molecule has 9 N–H and O–H groups in total. The first kappa shape index (κ1) is 29.4. The van der Waals surface area contributed by atoms with Crippen LogP contribution >= 0.6 is 0 Å². The minimum Gasteiger partial charge on any atom is -0.395 e. The zero-order valence-electron chi connectivity index (χ0n) is 15.1. The number of aliphatic hydroxyl groups excluding tert-OH is 9. The summed E-state index contributed by atoms with van der Waals surface area (Å²) in [4.78, 5) is 1.79. The van der Waals surface area contributed by atoms with Gasteiger partial charge in [0.05, 0.1) is 33.0 Å². The maximum Gasteiger partial charge on any atom is 0.111 e. The van der Waals surface area contributed by atoms with Crippen molar-refractivity contribution >= 4 is 0 Å². The second-order valence-corrected chi connectivity index (χ2v) is 5.20. The average molecular weight is 375 g/mol. The van der Waals surface area contributed by atoms with Crippen molar-refractivity contribution in [3.05, 3.63) is 0 Å². The van der Waals surface area contributed by atoms with Gasteiger partial charge in [0.25, 0.3) is 0 Å². The topological polar surface area (TPSA) is 185 Å². The van der Waals surface area contributed by atoms with Crippen molar-refractivity contribution in [3.63, 3.8) is 0 Å². The molecule has 0 aromatic heterocycles. The molecule has 0 aromatic carbocycles. The van der Waals surface area contributed by atoms with Gasteiger partial charge in [0.2, 0.25) is 0 Å². The van der Waals surface area contributed by atoms with Crippen LogP contribution in [0.2, 0.25) is 0 Å². The summed E-state index contributed by atoms with van der Waals surface area (Å²) in [6.45, 7) is 4.55. The standard InChI is InChI=1S/C6H15NO3.C6H14O6.C3H8/c8-4-1-7(2-5-9)3-6-10;7-1-3(9)5(11)6(12)4(10)2-8;1-3-2/h8-10H,1-6H2;3-12H,1-2H2;3H2,1-2H3. The van der Waals surface area contributed by atoms with Gasteiger partial charge in [-0.15, -0.1) is 0 Å². The molecule has 0 saturated carbocycles. The molecule has 25 heavy (non-hydrogen) atoms. The van der Waals surface area contributed by atoms with Crippen molar-refractivity contribution in [2.75, 3.05) is 52.7 Å². The number of nitrogens with zero attached hydrogens (tertiary/aromatic N) is 1. The predicted molar refractivity (Wildman–Crippen MR) is 91.9 cm³/mol. The van der Waals surface area contributed by atoms with E-state index in [2.05, 4.69) is 13.8 Å². The van der Waals surface area contributed by atoms with Crippen molar-refractivity contribution in [2.45, 2.75) is 44.7 Å². The minimum absolute atomic E-state index is 0.0694. The summed E-state index contributed by atoms with van der Waals surface area (Å²) >= 11 is 0. The Morgan fingerprint density at radius 1 is 0.600 bits per heavy atom. The Morgan fingerprint density at radius 2 is 0.840 bits per heavy atom. The van der Waals surface area contributed by atoms with Gasteiger partial charge >= 0.3 is 0 Å². The van der Waals surface area contributed by atoms with Crippen LogP contribution in [0.1, 0.15) is 20.3 Å². The third-order valence-corrected chi connectivity index (χ3v) is 2.76. The second-order valence-electron chi connectivity index (χ2n) is 5.20. The molecule has 0 saturated heterocycles. The fourth-order valence-electron chi connectivity index (χ4n) is 1.43. The molecular weight excluding hydrogens is 338 g/mol. The zero-order chi connectivity index (χ0) is 20.3. The lowest BCUT2D eigenvalue weighted by atomic mass is 10.0. The largest absolute Gasteiger partial charge is 0.395 e. The van der Waals surface area contributed by atoms with Gasteiger partial charge in [0, 0.05) is 19.6 Å². The third kappa shape index (κ3) is 18.2. The van der Waals surface area contributed by atoms with Gasteiger partial charge in [-0.25, -0.2) is 0 Å². The highest BCUT2D eigenvalue weighted by molar-refractivity contribution is 4.79. The number of hydrogen-bond donors (Lipinski definition) is 9. The van der Waals surface area contributed by atoms with Crippen LogP contribution in [0.5, 0.6) is 0 Å². The van der Waals surface area contributed by atoms with E-state index in [1.165, 1.54) is 6.42 Å². The van der Waals surface area contributed by atoms with E-state index in [4.69, 9.17) is 46.0 Å². The Kier molecular flexibility index (Phi) is 25.4. The van der Waals surface area contributed by atoms with Crippen LogP contribution in [0.15, 0.2) is 0 Å². The fraction of sp³-hybridized carbons (Fsp3) is 1.00. The van der Waals surface area contributed by atoms with Crippen molar-refractivity contribution in [3.8, 4) is 0 Å².